The van der Waals surface area contributed by atoms with Crippen molar-refractivity contribution in [2.75, 3.05) is 6.54 Å². The molecule has 0 aliphatic carbocycles. The summed E-state index contributed by atoms with van der Waals surface area (Å²) in [5, 5.41) is 10.1. The van der Waals surface area contributed by atoms with Gasteiger partial charge in [-0.25, -0.2) is 4.98 Å². The largest absolute Gasteiger partial charge is 0.330 e. The molecule has 0 aliphatic heterocycles. The van der Waals surface area contributed by atoms with Crippen LogP contribution < -0.4 is 5.73 Å². The monoisotopic (exact) mass is 259 g/mol. The Morgan fingerprint density at radius 1 is 1.28 bits per heavy atom. The number of nitrogens with zero attached hydrogens (tertiary/aromatic N) is 4. The highest BCUT2D eigenvalue weighted by Gasteiger charge is 2.14. The van der Waals surface area contributed by atoms with Crippen molar-refractivity contribution >= 4 is 22.4 Å². The zero-order valence-electron chi connectivity index (χ0n) is 10.00. The van der Waals surface area contributed by atoms with Gasteiger partial charge in [0.2, 0.25) is 5.13 Å². The Hall–Kier alpha value is -1.79. The summed E-state index contributed by atoms with van der Waals surface area (Å²) >= 11 is 1.56. The number of rotatable bonds is 3. The lowest BCUT2D eigenvalue weighted by Gasteiger charge is -2.03. The zero-order chi connectivity index (χ0) is 12.5. The van der Waals surface area contributed by atoms with E-state index in [-0.39, 0.29) is 0 Å². The van der Waals surface area contributed by atoms with E-state index in [1.165, 1.54) is 0 Å². The molecule has 0 unspecified atom stereocenters. The highest BCUT2D eigenvalue weighted by Crippen LogP contribution is 2.23. The zero-order valence-corrected chi connectivity index (χ0v) is 10.8. The van der Waals surface area contributed by atoms with Gasteiger partial charge in [0.1, 0.15) is 10.8 Å². The first kappa shape index (κ1) is 11.3. The molecule has 2 aromatic heterocycles. The minimum absolute atomic E-state index is 0.571. The van der Waals surface area contributed by atoms with Crippen LogP contribution in [-0.4, -0.2) is 26.3 Å². The second-order valence-electron chi connectivity index (χ2n) is 3.99. The predicted octanol–water partition coefficient (Wildman–Crippen LogP) is 1.69. The van der Waals surface area contributed by atoms with Gasteiger partial charge in [0, 0.05) is 6.42 Å². The summed E-state index contributed by atoms with van der Waals surface area (Å²) < 4.78 is 2.05. The minimum Gasteiger partial charge on any atom is -0.330 e. The Bertz CT molecular complexity index is 685. The second kappa shape index (κ2) is 4.47. The molecule has 2 heterocycles. The Morgan fingerprint density at radius 2 is 2.11 bits per heavy atom. The smallest absolute Gasteiger partial charge is 0.218 e. The summed E-state index contributed by atoms with van der Waals surface area (Å²) in [5.74, 6) is 0.940. The lowest BCUT2D eigenvalue weighted by atomic mass is 10.3. The van der Waals surface area contributed by atoms with Gasteiger partial charge >= 0.3 is 0 Å². The average Bonchev–Trinajstić information content (AvgIpc) is 2.92. The molecule has 18 heavy (non-hydrogen) atoms. The number of aromatic nitrogens is 4. The quantitative estimate of drug-likeness (QED) is 0.777. The van der Waals surface area contributed by atoms with E-state index >= 15 is 0 Å². The van der Waals surface area contributed by atoms with Gasteiger partial charge < -0.3 is 5.73 Å². The highest BCUT2D eigenvalue weighted by molar-refractivity contribution is 7.13. The van der Waals surface area contributed by atoms with Gasteiger partial charge in [0.05, 0.1) is 11.0 Å². The fourth-order valence-electron chi connectivity index (χ4n) is 1.96. The van der Waals surface area contributed by atoms with E-state index in [2.05, 4.69) is 15.2 Å². The van der Waals surface area contributed by atoms with Crippen LogP contribution in [0.5, 0.6) is 0 Å². The molecule has 2 N–H and O–H groups in total. The van der Waals surface area contributed by atoms with E-state index < -0.39 is 0 Å². The number of hydrogen-bond donors (Lipinski definition) is 1. The summed E-state index contributed by atoms with van der Waals surface area (Å²) in [6, 6.07) is 8.02. The maximum Gasteiger partial charge on any atom is 0.218 e. The van der Waals surface area contributed by atoms with Crippen LogP contribution in [0.4, 0.5) is 0 Å². The van der Waals surface area contributed by atoms with Crippen LogP contribution in [-0.2, 0) is 6.42 Å². The standard InChI is InChI=1S/C12H13N5S/c1-8-15-16-12(18-8)17-10-5-3-2-4-9(10)14-11(17)6-7-13/h2-5H,6-7,13H2,1H3. The van der Waals surface area contributed by atoms with Crippen molar-refractivity contribution in [1.82, 2.24) is 19.7 Å². The van der Waals surface area contributed by atoms with Crippen LogP contribution in [0.25, 0.3) is 16.2 Å². The molecular formula is C12H13N5S. The molecule has 0 aliphatic rings. The summed E-state index contributed by atoms with van der Waals surface area (Å²) in [6.07, 6.45) is 0.729. The van der Waals surface area contributed by atoms with Crippen LogP contribution in [0.2, 0.25) is 0 Å². The van der Waals surface area contributed by atoms with Gasteiger partial charge in [-0.2, -0.15) is 0 Å². The molecule has 0 saturated heterocycles. The normalized spacial score (nSPS) is 11.2. The Kier molecular flexibility index (Phi) is 2.81. The Balaban J connectivity index is 2.27. The SMILES string of the molecule is Cc1nnc(-n2c(CCN)nc3ccccc32)s1. The van der Waals surface area contributed by atoms with E-state index in [1.807, 2.05) is 35.8 Å². The Morgan fingerprint density at radius 3 is 2.83 bits per heavy atom. The third-order valence-corrected chi connectivity index (χ3v) is 3.53. The molecule has 0 bridgehead atoms. The number of nitrogens with two attached hydrogens (primary N) is 1. The van der Waals surface area contributed by atoms with Crippen molar-refractivity contribution in [2.45, 2.75) is 13.3 Å². The summed E-state index contributed by atoms with van der Waals surface area (Å²) in [7, 11) is 0. The number of aryl methyl sites for hydroxylation is 1. The van der Waals surface area contributed by atoms with Crippen molar-refractivity contribution in [3.05, 3.63) is 35.1 Å². The summed E-state index contributed by atoms with van der Waals surface area (Å²) in [6.45, 7) is 2.52. The molecule has 0 fully saturated rings. The van der Waals surface area contributed by atoms with Crippen molar-refractivity contribution in [3.8, 4) is 5.13 Å². The third kappa shape index (κ3) is 1.79. The van der Waals surface area contributed by atoms with Crippen LogP contribution in [0, 0.1) is 6.92 Å². The molecule has 3 rings (SSSR count). The van der Waals surface area contributed by atoms with Gasteiger partial charge in [0.25, 0.3) is 0 Å². The minimum atomic E-state index is 0.571. The third-order valence-electron chi connectivity index (χ3n) is 2.70. The van der Waals surface area contributed by atoms with Crippen molar-refractivity contribution < 1.29 is 0 Å². The second-order valence-corrected chi connectivity index (χ2v) is 5.15. The first-order valence-electron chi connectivity index (χ1n) is 5.76. The number of fused-ring (bicyclic) bond motifs is 1. The molecule has 1 aromatic carbocycles. The number of benzene rings is 1. The molecular weight excluding hydrogens is 246 g/mol. The van der Waals surface area contributed by atoms with E-state index in [9.17, 15) is 0 Å². The Labute approximate surface area is 108 Å². The van der Waals surface area contributed by atoms with Crippen LogP contribution in [0.3, 0.4) is 0 Å². The lowest BCUT2D eigenvalue weighted by molar-refractivity contribution is 0.834. The molecule has 5 nitrogen and oxygen atoms in total. The maximum absolute atomic E-state index is 5.65. The fourth-order valence-corrected chi connectivity index (χ4v) is 2.69. The van der Waals surface area contributed by atoms with Gasteiger partial charge in [-0.3, -0.25) is 4.57 Å². The molecule has 0 radical (unpaired) electrons. The number of para-hydroxylation sites is 2. The molecule has 0 amide bonds. The van der Waals surface area contributed by atoms with Crippen molar-refractivity contribution in [1.29, 1.82) is 0 Å². The lowest BCUT2D eigenvalue weighted by Crippen LogP contribution is -2.08. The van der Waals surface area contributed by atoms with Gasteiger partial charge in [-0.1, -0.05) is 23.5 Å². The first-order chi connectivity index (χ1) is 8.79. The molecule has 0 spiro atoms. The molecule has 6 heteroatoms. The summed E-state index contributed by atoms with van der Waals surface area (Å²) in [4.78, 5) is 4.61. The fraction of sp³-hybridized carbons (Fsp3) is 0.250. The first-order valence-corrected chi connectivity index (χ1v) is 6.58. The van der Waals surface area contributed by atoms with Crippen molar-refractivity contribution in [2.24, 2.45) is 5.73 Å². The van der Waals surface area contributed by atoms with E-state index in [0.717, 1.165) is 33.4 Å². The average molecular weight is 259 g/mol. The maximum atomic E-state index is 5.65. The predicted molar refractivity (Wildman–Crippen MR) is 72.0 cm³/mol. The van der Waals surface area contributed by atoms with Gasteiger partial charge in [-0.15, -0.1) is 10.2 Å². The van der Waals surface area contributed by atoms with Gasteiger partial charge in [-0.05, 0) is 25.6 Å². The molecule has 0 saturated carbocycles. The molecule has 92 valence electrons. The summed E-state index contributed by atoms with van der Waals surface area (Å²) in [5.41, 5.74) is 7.67. The van der Waals surface area contributed by atoms with E-state index in [0.29, 0.717) is 6.54 Å². The van der Waals surface area contributed by atoms with Crippen LogP contribution in [0.15, 0.2) is 24.3 Å². The highest BCUT2D eigenvalue weighted by atomic mass is 32.1. The van der Waals surface area contributed by atoms with Crippen LogP contribution in [0.1, 0.15) is 10.8 Å². The van der Waals surface area contributed by atoms with E-state index in [4.69, 9.17) is 5.73 Å². The van der Waals surface area contributed by atoms with E-state index in [1.54, 1.807) is 11.3 Å². The molecule has 0 atom stereocenters. The number of imidazole rings is 1. The topological polar surface area (TPSA) is 69.6 Å². The number of hydrogen-bond acceptors (Lipinski definition) is 5. The van der Waals surface area contributed by atoms with Crippen LogP contribution >= 0.6 is 11.3 Å². The van der Waals surface area contributed by atoms with Crippen molar-refractivity contribution in [3.63, 3.8) is 0 Å². The van der Waals surface area contributed by atoms with Gasteiger partial charge in [0.15, 0.2) is 0 Å². The molecule has 3 aromatic rings.